The largest absolute Gasteiger partial charge is 0.488 e. The number of anilines is 2. The summed E-state index contributed by atoms with van der Waals surface area (Å²) < 4.78 is 10.6. The van der Waals surface area contributed by atoms with Crippen molar-refractivity contribution in [1.29, 1.82) is 0 Å². The number of aromatic nitrogens is 2. The molecule has 0 fully saturated rings. The second-order valence-corrected chi connectivity index (χ2v) is 9.09. The van der Waals surface area contributed by atoms with Gasteiger partial charge in [-0.25, -0.2) is 9.78 Å². The number of nitrogens with one attached hydrogen (secondary N) is 2. The lowest BCUT2D eigenvalue weighted by atomic mass is 9.81. The molecule has 4 N–H and O–H groups in total. The van der Waals surface area contributed by atoms with Crippen molar-refractivity contribution in [2.24, 2.45) is 0 Å². The van der Waals surface area contributed by atoms with Crippen molar-refractivity contribution in [3.63, 3.8) is 0 Å². The first-order valence-corrected chi connectivity index (χ1v) is 10.9. The monoisotopic (exact) mass is 485 g/mol. The molecule has 1 unspecified atom stereocenters. The molecule has 35 heavy (non-hydrogen) atoms. The van der Waals surface area contributed by atoms with Gasteiger partial charge in [0.15, 0.2) is 0 Å². The SMILES string of the molecule is CC(C(=O)Nc1cc(B(O)O)cc(NC(=O)c2cc3c(cn2)COC3)n1)N(C)C(=O)OC(C)(C)C. The third-order valence-corrected chi connectivity index (χ3v) is 5.11. The van der Waals surface area contributed by atoms with Gasteiger partial charge in [-0.2, -0.15) is 0 Å². The predicted octanol–water partition coefficient (Wildman–Crippen LogP) is 0.633. The number of carbonyl (C=O) groups is 3. The van der Waals surface area contributed by atoms with Gasteiger partial charge in [0.2, 0.25) is 5.91 Å². The Balaban J connectivity index is 1.75. The lowest BCUT2D eigenvalue weighted by Crippen LogP contribution is -2.45. The molecule has 0 aromatic carbocycles. The molecular formula is C22H28BN5O7. The van der Waals surface area contributed by atoms with Gasteiger partial charge in [-0.3, -0.25) is 19.5 Å². The van der Waals surface area contributed by atoms with Gasteiger partial charge in [0, 0.05) is 18.8 Å². The molecule has 1 aliphatic rings. The lowest BCUT2D eigenvalue weighted by molar-refractivity contribution is -0.120. The molecule has 12 nitrogen and oxygen atoms in total. The van der Waals surface area contributed by atoms with E-state index in [0.717, 1.165) is 16.0 Å². The van der Waals surface area contributed by atoms with Crippen molar-refractivity contribution >= 4 is 42.1 Å². The normalized spacial score (nSPS) is 13.5. The minimum Gasteiger partial charge on any atom is -0.444 e. The van der Waals surface area contributed by atoms with Crippen molar-refractivity contribution < 1.29 is 33.9 Å². The summed E-state index contributed by atoms with van der Waals surface area (Å²) in [4.78, 5) is 47.1. The summed E-state index contributed by atoms with van der Waals surface area (Å²) in [5.74, 6) is -1.28. The molecule has 13 heteroatoms. The van der Waals surface area contributed by atoms with Crippen molar-refractivity contribution in [2.75, 3.05) is 17.7 Å². The maximum absolute atomic E-state index is 12.7. The summed E-state index contributed by atoms with van der Waals surface area (Å²) in [6.07, 6.45) is 0.875. The van der Waals surface area contributed by atoms with Crippen LogP contribution in [-0.4, -0.2) is 68.6 Å². The van der Waals surface area contributed by atoms with Gasteiger partial charge < -0.3 is 30.2 Å². The maximum Gasteiger partial charge on any atom is 0.488 e. The molecule has 3 heterocycles. The molecule has 0 saturated heterocycles. The molecular weight excluding hydrogens is 457 g/mol. The van der Waals surface area contributed by atoms with Crippen LogP contribution in [0.5, 0.6) is 0 Å². The molecule has 0 spiro atoms. The third-order valence-electron chi connectivity index (χ3n) is 5.11. The minimum absolute atomic E-state index is 0.0194. The maximum atomic E-state index is 12.7. The highest BCUT2D eigenvalue weighted by Crippen LogP contribution is 2.20. The average Bonchev–Trinajstić information content (AvgIpc) is 3.24. The average molecular weight is 485 g/mol. The summed E-state index contributed by atoms with van der Waals surface area (Å²) in [6.45, 7) is 7.44. The smallest absolute Gasteiger partial charge is 0.444 e. The first-order valence-electron chi connectivity index (χ1n) is 10.9. The van der Waals surface area contributed by atoms with Gasteiger partial charge in [-0.05, 0) is 56.9 Å². The second kappa shape index (κ2) is 10.4. The molecule has 0 aliphatic carbocycles. The number of fused-ring (bicyclic) bond motifs is 1. The van der Waals surface area contributed by atoms with Crippen LogP contribution in [-0.2, 0) is 27.5 Å². The Morgan fingerprint density at radius 3 is 2.37 bits per heavy atom. The van der Waals surface area contributed by atoms with Gasteiger partial charge in [0.1, 0.15) is 29.0 Å². The molecule has 2 aromatic rings. The van der Waals surface area contributed by atoms with E-state index in [-0.39, 0.29) is 22.8 Å². The number of amides is 3. The van der Waals surface area contributed by atoms with E-state index in [0.29, 0.717) is 13.2 Å². The molecule has 2 aromatic heterocycles. The van der Waals surface area contributed by atoms with Gasteiger partial charge >= 0.3 is 13.2 Å². The van der Waals surface area contributed by atoms with Crippen LogP contribution in [0, 0.1) is 0 Å². The van der Waals surface area contributed by atoms with E-state index in [1.807, 2.05) is 0 Å². The summed E-state index contributed by atoms with van der Waals surface area (Å²) in [6, 6.07) is 3.17. The molecule has 186 valence electrons. The highest BCUT2D eigenvalue weighted by molar-refractivity contribution is 6.58. The predicted molar refractivity (Wildman–Crippen MR) is 127 cm³/mol. The van der Waals surface area contributed by atoms with E-state index in [9.17, 15) is 24.4 Å². The number of likely N-dealkylation sites (N-methyl/N-ethyl adjacent to an activating group) is 1. The molecule has 3 amide bonds. The van der Waals surface area contributed by atoms with Crippen LogP contribution >= 0.6 is 0 Å². The lowest BCUT2D eigenvalue weighted by Gasteiger charge is -2.28. The number of rotatable bonds is 6. The quantitative estimate of drug-likeness (QED) is 0.430. The number of ether oxygens (including phenoxy) is 2. The number of pyridine rings is 2. The summed E-state index contributed by atoms with van der Waals surface area (Å²) in [7, 11) is -0.471. The molecule has 3 rings (SSSR count). The molecule has 1 aliphatic heterocycles. The molecule has 0 bridgehead atoms. The number of hydrogen-bond acceptors (Lipinski definition) is 9. The van der Waals surface area contributed by atoms with Crippen LogP contribution < -0.4 is 16.1 Å². The first-order chi connectivity index (χ1) is 16.3. The van der Waals surface area contributed by atoms with Gasteiger partial charge in [0.25, 0.3) is 5.91 Å². The Kier molecular flexibility index (Phi) is 7.73. The van der Waals surface area contributed by atoms with Crippen molar-refractivity contribution in [3.05, 3.63) is 41.2 Å². The second-order valence-electron chi connectivity index (χ2n) is 9.09. The topological polar surface area (TPSA) is 163 Å². The standard InChI is InChI=1S/C22H28BN5O7/c1-12(28(5)21(31)35-22(2,3)4)19(29)26-17-7-15(23(32)33)8-18(25-17)27-20(30)16-6-13-10-34-11-14(13)9-24-16/h6-9,12,32-33H,10-11H2,1-5H3,(H2,25,26,27,29,30). The van der Waals surface area contributed by atoms with E-state index < -0.39 is 36.7 Å². The summed E-state index contributed by atoms with van der Waals surface area (Å²) in [5.41, 5.74) is 1.13. The van der Waals surface area contributed by atoms with Gasteiger partial charge in [0.05, 0.1) is 13.2 Å². The Bertz CT molecular complexity index is 1140. The Morgan fingerprint density at radius 1 is 1.11 bits per heavy atom. The fourth-order valence-electron chi connectivity index (χ4n) is 3.09. The zero-order chi connectivity index (χ0) is 25.9. The number of hydrogen-bond donors (Lipinski definition) is 4. The summed E-state index contributed by atoms with van der Waals surface area (Å²) in [5, 5.41) is 24.4. The highest BCUT2D eigenvalue weighted by Gasteiger charge is 2.28. The van der Waals surface area contributed by atoms with Crippen LogP contribution in [0.25, 0.3) is 0 Å². The van der Waals surface area contributed by atoms with E-state index in [2.05, 4.69) is 20.6 Å². The van der Waals surface area contributed by atoms with Crippen LogP contribution in [0.4, 0.5) is 16.4 Å². The minimum atomic E-state index is -1.89. The Morgan fingerprint density at radius 2 is 1.74 bits per heavy atom. The molecule has 1 atom stereocenters. The first kappa shape index (κ1) is 26.1. The fraction of sp³-hybridized carbons (Fsp3) is 0.409. The molecule has 0 radical (unpaired) electrons. The third kappa shape index (κ3) is 6.75. The van der Waals surface area contributed by atoms with E-state index >= 15 is 0 Å². The highest BCUT2D eigenvalue weighted by atomic mass is 16.6. The van der Waals surface area contributed by atoms with Gasteiger partial charge in [-0.15, -0.1) is 0 Å². The van der Waals surface area contributed by atoms with Crippen LogP contribution in [0.2, 0.25) is 0 Å². The number of carbonyl (C=O) groups excluding carboxylic acids is 3. The van der Waals surface area contributed by atoms with Crippen molar-refractivity contribution in [3.8, 4) is 0 Å². The zero-order valence-corrected chi connectivity index (χ0v) is 20.2. The van der Waals surface area contributed by atoms with Crippen LogP contribution in [0.1, 0.15) is 49.3 Å². The van der Waals surface area contributed by atoms with Crippen molar-refractivity contribution in [1.82, 2.24) is 14.9 Å². The molecule has 0 saturated carbocycles. The van der Waals surface area contributed by atoms with Crippen molar-refractivity contribution in [2.45, 2.75) is 52.6 Å². The number of nitrogens with zero attached hydrogens (tertiary/aromatic N) is 3. The zero-order valence-electron chi connectivity index (χ0n) is 20.2. The fourth-order valence-corrected chi connectivity index (χ4v) is 3.09. The Hall–Kier alpha value is -3.55. The Labute approximate surface area is 202 Å². The van der Waals surface area contributed by atoms with Crippen LogP contribution in [0.3, 0.4) is 0 Å². The van der Waals surface area contributed by atoms with E-state index in [1.54, 1.807) is 33.0 Å². The van der Waals surface area contributed by atoms with Crippen LogP contribution in [0.15, 0.2) is 24.4 Å². The van der Waals surface area contributed by atoms with E-state index in [1.165, 1.54) is 26.1 Å². The summed E-state index contributed by atoms with van der Waals surface area (Å²) >= 11 is 0. The van der Waals surface area contributed by atoms with E-state index in [4.69, 9.17) is 9.47 Å². The van der Waals surface area contributed by atoms with Gasteiger partial charge in [-0.1, -0.05) is 0 Å².